The molecular weight excluding hydrogens is 331 g/mol. The first-order chi connectivity index (χ1) is 12.0. The smallest absolute Gasteiger partial charge is 0.253 e. The summed E-state index contributed by atoms with van der Waals surface area (Å²) in [4.78, 5) is 32.6. The van der Waals surface area contributed by atoms with Crippen molar-refractivity contribution >= 4 is 11.7 Å². The van der Waals surface area contributed by atoms with Crippen molar-refractivity contribution in [2.45, 2.75) is 5.92 Å². The fourth-order valence-corrected chi connectivity index (χ4v) is 2.75. The van der Waals surface area contributed by atoms with Gasteiger partial charge in [-0.2, -0.15) is 0 Å². The highest BCUT2D eigenvalue weighted by molar-refractivity contribution is 5.85. The van der Waals surface area contributed by atoms with Crippen molar-refractivity contribution < 1.29 is 19.0 Å². The predicted molar refractivity (Wildman–Crippen MR) is 87.0 cm³/mol. The summed E-state index contributed by atoms with van der Waals surface area (Å²) in [7, 11) is 0. The molecule has 132 valence electrons. The lowest BCUT2D eigenvalue weighted by Crippen LogP contribution is -2.38. The molecular formula is C16H17FN4O4. The van der Waals surface area contributed by atoms with Gasteiger partial charge in [0.25, 0.3) is 5.56 Å². The molecule has 25 heavy (non-hydrogen) atoms. The number of ether oxygens (including phenoxy) is 1. The molecule has 0 bridgehead atoms. The van der Waals surface area contributed by atoms with Gasteiger partial charge in [0.15, 0.2) is 0 Å². The number of phenolic OH excluding ortho intramolecular Hbond substituents is 1. The summed E-state index contributed by atoms with van der Waals surface area (Å²) < 4.78 is 18.8. The van der Waals surface area contributed by atoms with Crippen molar-refractivity contribution in [1.29, 1.82) is 0 Å². The monoisotopic (exact) mass is 348 g/mol. The summed E-state index contributed by atoms with van der Waals surface area (Å²) in [5.74, 6) is -2.81. The van der Waals surface area contributed by atoms with Gasteiger partial charge < -0.3 is 25.5 Å². The van der Waals surface area contributed by atoms with E-state index in [1.807, 2.05) is 4.90 Å². The van der Waals surface area contributed by atoms with E-state index in [2.05, 4.69) is 9.97 Å². The number of carbonyl (C=O) groups is 1. The fourth-order valence-electron chi connectivity index (χ4n) is 2.75. The highest BCUT2D eigenvalue weighted by Gasteiger charge is 2.27. The van der Waals surface area contributed by atoms with Crippen molar-refractivity contribution in [1.82, 2.24) is 9.97 Å². The molecule has 1 saturated heterocycles. The van der Waals surface area contributed by atoms with Crippen LogP contribution in [0.25, 0.3) is 0 Å². The normalized spacial score (nSPS) is 15.8. The second-order valence-corrected chi connectivity index (χ2v) is 5.63. The Bertz CT molecular complexity index is 848. The van der Waals surface area contributed by atoms with Gasteiger partial charge in [-0.25, -0.2) is 9.37 Å². The van der Waals surface area contributed by atoms with Crippen LogP contribution in [0.15, 0.2) is 29.1 Å². The summed E-state index contributed by atoms with van der Waals surface area (Å²) in [5.41, 5.74) is 4.89. The molecule has 8 nitrogen and oxygen atoms in total. The SMILES string of the molecule is NC(=O)C(c1nc(N2CCOCC2)cc(=O)[nH]1)c1cc(F)ccc1O. The number of nitrogens with two attached hydrogens (primary N) is 1. The summed E-state index contributed by atoms with van der Waals surface area (Å²) in [6.45, 7) is 2.08. The molecule has 1 aliphatic rings. The number of primary amides is 1. The van der Waals surface area contributed by atoms with Crippen molar-refractivity contribution in [3.05, 3.63) is 51.8 Å². The Labute approximate surface area is 142 Å². The van der Waals surface area contributed by atoms with Crippen molar-refractivity contribution in [3.63, 3.8) is 0 Å². The molecule has 1 aromatic carbocycles. The lowest BCUT2D eigenvalue weighted by Gasteiger charge is -2.28. The number of benzene rings is 1. The van der Waals surface area contributed by atoms with Gasteiger partial charge in [-0.15, -0.1) is 0 Å². The zero-order valence-corrected chi connectivity index (χ0v) is 13.2. The standard InChI is InChI=1S/C16H17FN4O4/c17-9-1-2-11(22)10(7-9)14(15(18)24)16-19-12(8-13(23)20-16)21-3-5-25-6-4-21/h1-2,7-8,14,22H,3-6H2,(H2,18,24)(H,19,20,23). The maximum atomic E-state index is 13.6. The number of hydrogen-bond donors (Lipinski definition) is 3. The summed E-state index contributed by atoms with van der Waals surface area (Å²) in [6, 6.07) is 4.46. The minimum absolute atomic E-state index is 0.0533. The van der Waals surface area contributed by atoms with Crippen molar-refractivity contribution in [2.75, 3.05) is 31.2 Å². The average molecular weight is 348 g/mol. The first kappa shape index (κ1) is 16.9. The number of phenols is 1. The number of H-pyrrole nitrogens is 1. The molecule has 0 saturated carbocycles. The number of nitrogens with zero attached hydrogens (tertiary/aromatic N) is 2. The highest BCUT2D eigenvalue weighted by Crippen LogP contribution is 2.30. The zero-order valence-electron chi connectivity index (χ0n) is 13.2. The molecule has 1 aromatic heterocycles. The quantitative estimate of drug-likeness (QED) is 0.719. The van der Waals surface area contributed by atoms with Crippen LogP contribution in [0.4, 0.5) is 10.2 Å². The molecule has 9 heteroatoms. The van der Waals surface area contributed by atoms with Gasteiger partial charge in [-0.1, -0.05) is 0 Å². The molecule has 1 unspecified atom stereocenters. The second-order valence-electron chi connectivity index (χ2n) is 5.63. The maximum Gasteiger partial charge on any atom is 0.253 e. The van der Waals surface area contributed by atoms with Crippen LogP contribution in [-0.4, -0.2) is 47.3 Å². The van der Waals surface area contributed by atoms with E-state index in [1.54, 1.807) is 0 Å². The number of carbonyl (C=O) groups excluding carboxylic acids is 1. The minimum atomic E-state index is -1.29. The first-order valence-corrected chi connectivity index (χ1v) is 7.67. The van der Waals surface area contributed by atoms with Gasteiger partial charge in [0.05, 0.1) is 13.2 Å². The van der Waals surface area contributed by atoms with Crippen LogP contribution in [0.2, 0.25) is 0 Å². The van der Waals surface area contributed by atoms with E-state index in [0.717, 1.165) is 18.2 Å². The van der Waals surface area contributed by atoms with Crippen LogP contribution < -0.4 is 16.2 Å². The van der Waals surface area contributed by atoms with Crippen molar-refractivity contribution in [2.24, 2.45) is 5.73 Å². The van der Waals surface area contributed by atoms with Gasteiger partial charge in [0.1, 0.15) is 29.1 Å². The molecule has 1 amide bonds. The maximum absolute atomic E-state index is 13.6. The number of anilines is 1. The third kappa shape index (κ3) is 3.61. The van der Waals surface area contributed by atoms with Crippen LogP contribution >= 0.6 is 0 Å². The molecule has 2 heterocycles. The van der Waals surface area contributed by atoms with Gasteiger partial charge in [-0.3, -0.25) is 9.59 Å². The van der Waals surface area contributed by atoms with E-state index in [1.165, 1.54) is 6.07 Å². The number of hydrogen-bond acceptors (Lipinski definition) is 6. The Morgan fingerprint density at radius 1 is 1.36 bits per heavy atom. The van der Waals surface area contributed by atoms with Gasteiger partial charge in [0.2, 0.25) is 5.91 Å². The van der Waals surface area contributed by atoms with Gasteiger partial charge >= 0.3 is 0 Å². The Hall–Kier alpha value is -2.94. The van der Waals surface area contributed by atoms with Crippen LogP contribution in [-0.2, 0) is 9.53 Å². The number of aromatic nitrogens is 2. The van der Waals surface area contributed by atoms with E-state index in [-0.39, 0.29) is 17.1 Å². The molecule has 1 atom stereocenters. The Morgan fingerprint density at radius 2 is 2.08 bits per heavy atom. The number of aromatic hydroxyl groups is 1. The van der Waals surface area contributed by atoms with E-state index in [9.17, 15) is 19.1 Å². The number of halogens is 1. The Kier molecular flexibility index (Phi) is 4.66. The van der Waals surface area contributed by atoms with Gasteiger partial charge in [0, 0.05) is 24.7 Å². The highest BCUT2D eigenvalue weighted by atomic mass is 19.1. The topological polar surface area (TPSA) is 122 Å². The number of morpholine rings is 1. The van der Waals surface area contributed by atoms with E-state index in [4.69, 9.17) is 10.5 Å². The molecule has 3 rings (SSSR count). The fraction of sp³-hybridized carbons (Fsp3) is 0.312. The third-order valence-corrected chi connectivity index (χ3v) is 3.94. The average Bonchev–Trinajstić information content (AvgIpc) is 2.58. The molecule has 0 radical (unpaired) electrons. The first-order valence-electron chi connectivity index (χ1n) is 7.67. The number of aromatic amines is 1. The number of nitrogens with one attached hydrogen (secondary N) is 1. The molecule has 1 fully saturated rings. The van der Waals surface area contributed by atoms with Crippen LogP contribution in [0, 0.1) is 5.82 Å². The zero-order chi connectivity index (χ0) is 18.0. The van der Waals surface area contributed by atoms with Crippen LogP contribution in [0.1, 0.15) is 17.3 Å². The van der Waals surface area contributed by atoms with E-state index < -0.39 is 23.2 Å². The Morgan fingerprint density at radius 3 is 2.76 bits per heavy atom. The molecule has 0 aliphatic carbocycles. The number of rotatable bonds is 4. The van der Waals surface area contributed by atoms with Gasteiger partial charge in [-0.05, 0) is 18.2 Å². The third-order valence-electron chi connectivity index (χ3n) is 3.94. The van der Waals surface area contributed by atoms with E-state index >= 15 is 0 Å². The summed E-state index contributed by atoms with van der Waals surface area (Å²) in [6.07, 6.45) is 0. The number of amides is 1. The van der Waals surface area contributed by atoms with E-state index in [0.29, 0.717) is 32.1 Å². The largest absolute Gasteiger partial charge is 0.508 e. The lowest BCUT2D eigenvalue weighted by molar-refractivity contribution is -0.118. The predicted octanol–water partition coefficient (Wildman–Crippen LogP) is 0.0684. The molecule has 0 spiro atoms. The second kappa shape index (κ2) is 6.89. The van der Waals surface area contributed by atoms with Crippen LogP contribution in [0.5, 0.6) is 5.75 Å². The molecule has 2 aromatic rings. The van der Waals surface area contributed by atoms with Crippen molar-refractivity contribution in [3.8, 4) is 5.75 Å². The summed E-state index contributed by atoms with van der Waals surface area (Å²) in [5, 5.41) is 9.98. The lowest BCUT2D eigenvalue weighted by atomic mass is 9.96. The molecule has 1 aliphatic heterocycles. The molecule has 4 N–H and O–H groups in total. The Balaban J connectivity index is 2.08. The summed E-state index contributed by atoms with van der Waals surface area (Å²) >= 11 is 0. The minimum Gasteiger partial charge on any atom is -0.508 e. The van der Waals surface area contributed by atoms with Crippen LogP contribution in [0.3, 0.4) is 0 Å².